The van der Waals surface area contributed by atoms with Gasteiger partial charge in [0.2, 0.25) is 0 Å². The first-order valence-electron chi connectivity index (χ1n) is 9.11. The van der Waals surface area contributed by atoms with Crippen LogP contribution >= 0.6 is 0 Å². The molecule has 1 aliphatic carbocycles. The van der Waals surface area contributed by atoms with Crippen LogP contribution in [0.1, 0.15) is 59.3 Å². The Morgan fingerprint density at radius 2 is 1.69 bits per heavy atom. The molecule has 138 valence electrons. The van der Waals surface area contributed by atoms with Gasteiger partial charge in [-0.1, -0.05) is 25.1 Å². The van der Waals surface area contributed by atoms with E-state index >= 15 is 0 Å². The number of hydrogen-bond donors (Lipinski definition) is 1. The standard InChI is InChI=1S/C21H25NO3S/c1-3-20(16-10-12-19(13-11-16)26(2,24)25)22-21(23)18-9-8-15-6-4-5-7-17(15)14-18/h8-14,20H,3-7H2,1-2H3,(H,22,23)/t20-/m0/s1. The highest BCUT2D eigenvalue weighted by molar-refractivity contribution is 7.90. The van der Waals surface area contributed by atoms with Gasteiger partial charge in [-0.15, -0.1) is 0 Å². The molecule has 1 amide bonds. The van der Waals surface area contributed by atoms with Gasteiger partial charge in [0.25, 0.3) is 5.91 Å². The molecular weight excluding hydrogens is 346 g/mol. The lowest BCUT2D eigenvalue weighted by Crippen LogP contribution is -2.28. The Morgan fingerprint density at radius 1 is 1.04 bits per heavy atom. The summed E-state index contributed by atoms with van der Waals surface area (Å²) in [5.74, 6) is -0.0857. The molecule has 4 nitrogen and oxygen atoms in total. The minimum Gasteiger partial charge on any atom is -0.345 e. The van der Waals surface area contributed by atoms with Gasteiger partial charge in [-0.25, -0.2) is 8.42 Å². The zero-order valence-electron chi connectivity index (χ0n) is 15.3. The summed E-state index contributed by atoms with van der Waals surface area (Å²) >= 11 is 0. The molecule has 0 fully saturated rings. The van der Waals surface area contributed by atoms with Gasteiger partial charge in [-0.3, -0.25) is 4.79 Å². The summed E-state index contributed by atoms with van der Waals surface area (Å²) in [5.41, 5.74) is 4.24. The molecule has 0 spiro atoms. The van der Waals surface area contributed by atoms with E-state index in [9.17, 15) is 13.2 Å². The molecule has 26 heavy (non-hydrogen) atoms. The number of nitrogens with one attached hydrogen (secondary N) is 1. The summed E-state index contributed by atoms with van der Waals surface area (Å²) in [5, 5.41) is 3.08. The maximum atomic E-state index is 12.7. The summed E-state index contributed by atoms with van der Waals surface area (Å²) in [7, 11) is -3.21. The van der Waals surface area contributed by atoms with Crippen molar-refractivity contribution in [2.45, 2.75) is 50.0 Å². The predicted molar refractivity (Wildman–Crippen MR) is 103 cm³/mol. The molecular formula is C21H25NO3S. The van der Waals surface area contributed by atoms with E-state index in [0.717, 1.165) is 24.8 Å². The normalized spacial score (nSPS) is 15.2. The summed E-state index contributed by atoms with van der Waals surface area (Å²) in [6.45, 7) is 2.00. The summed E-state index contributed by atoms with van der Waals surface area (Å²) in [4.78, 5) is 13.0. The third-order valence-corrected chi connectivity index (χ3v) is 6.16. The SMILES string of the molecule is CC[C@H](NC(=O)c1ccc2c(c1)CCCC2)c1ccc(S(C)(=O)=O)cc1. The fraction of sp³-hybridized carbons (Fsp3) is 0.381. The fourth-order valence-corrected chi connectivity index (χ4v) is 4.12. The number of aryl methyl sites for hydroxylation is 2. The Morgan fingerprint density at radius 3 is 2.31 bits per heavy atom. The lowest BCUT2D eigenvalue weighted by molar-refractivity contribution is 0.0935. The second-order valence-electron chi connectivity index (χ2n) is 6.97. The maximum Gasteiger partial charge on any atom is 0.251 e. The van der Waals surface area contributed by atoms with Gasteiger partial charge in [0.1, 0.15) is 0 Å². The Labute approximate surface area is 155 Å². The quantitative estimate of drug-likeness (QED) is 0.868. The van der Waals surface area contributed by atoms with Crippen LogP contribution in [0.25, 0.3) is 0 Å². The Hall–Kier alpha value is -2.14. The van der Waals surface area contributed by atoms with Crippen molar-refractivity contribution in [3.63, 3.8) is 0 Å². The van der Waals surface area contributed by atoms with Crippen LogP contribution in [0.5, 0.6) is 0 Å². The fourth-order valence-electron chi connectivity index (χ4n) is 3.48. The van der Waals surface area contributed by atoms with Crippen LogP contribution in [0.3, 0.4) is 0 Å². The van der Waals surface area contributed by atoms with Crippen molar-refractivity contribution < 1.29 is 13.2 Å². The molecule has 3 rings (SSSR count). The third kappa shape index (κ3) is 4.15. The molecule has 1 N–H and O–H groups in total. The average molecular weight is 372 g/mol. The molecule has 0 saturated heterocycles. The first-order chi connectivity index (χ1) is 12.4. The van der Waals surface area contributed by atoms with Crippen molar-refractivity contribution in [3.8, 4) is 0 Å². The molecule has 0 bridgehead atoms. The second kappa shape index (κ2) is 7.62. The molecule has 0 saturated carbocycles. The van der Waals surface area contributed by atoms with Crippen molar-refractivity contribution >= 4 is 15.7 Å². The smallest absolute Gasteiger partial charge is 0.251 e. The lowest BCUT2D eigenvalue weighted by Gasteiger charge is -2.20. The second-order valence-corrected chi connectivity index (χ2v) is 8.98. The van der Waals surface area contributed by atoms with Crippen LogP contribution in [-0.2, 0) is 22.7 Å². The third-order valence-electron chi connectivity index (χ3n) is 5.03. The number of sulfone groups is 1. The average Bonchev–Trinajstić information content (AvgIpc) is 2.65. The van der Waals surface area contributed by atoms with Crippen LogP contribution in [0.15, 0.2) is 47.4 Å². The number of amides is 1. The monoisotopic (exact) mass is 371 g/mol. The maximum absolute atomic E-state index is 12.7. The van der Waals surface area contributed by atoms with Crippen molar-refractivity contribution in [1.29, 1.82) is 0 Å². The zero-order chi connectivity index (χ0) is 18.7. The van der Waals surface area contributed by atoms with E-state index < -0.39 is 9.84 Å². The van der Waals surface area contributed by atoms with Crippen LogP contribution in [-0.4, -0.2) is 20.6 Å². The largest absolute Gasteiger partial charge is 0.345 e. The highest BCUT2D eigenvalue weighted by atomic mass is 32.2. The minimum atomic E-state index is -3.21. The highest BCUT2D eigenvalue weighted by Crippen LogP contribution is 2.23. The van der Waals surface area contributed by atoms with E-state index in [1.54, 1.807) is 24.3 Å². The Kier molecular flexibility index (Phi) is 5.47. The molecule has 0 unspecified atom stereocenters. The molecule has 0 radical (unpaired) electrons. The topological polar surface area (TPSA) is 63.2 Å². The molecule has 1 aliphatic rings. The van der Waals surface area contributed by atoms with E-state index in [4.69, 9.17) is 0 Å². The van der Waals surface area contributed by atoms with Crippen molar-refractivity contribution in [3.05, 3.63) is 64.7 Å². The summed E-state index contributed by atoms with van der Waals surface area (Å²) < 4.78 is 23.2. The molecule has 5 heteroatoms. The van der Waals surface area contributed by atoms with Crippen molar-refractivity contribution in [2.75, 3.05) is 6.26 Å². The van der Waals surface area contributed by atoms with Crippen LogP contribution < -0.4 is 5.32 Å². The molecule has 0 aliphatic heterocycles. The van der Waals surface area contributed by atoms with Crippen molar-refractivity contribution in [1.82, 2.24) is 5.32 Å². The number of carbonyl (C=O) groups is 1. The van der Waals surface area contributed by atoms with Gasteiger partial charge in [-0.05, 0) is 73.1 Å². The number of benzene rings is 2. The summed E-state index contributed by atoms with van der Waals surface area (Å²) in [6.07, 6.45) is 6.47. The molecule has 1 atom stereocenters. The number of rotatable bonds is 5. The Bertz CT molecular complexity index is 901. The highest BCUT2D eigenvalue weighted by Gasteiger charge is 2.17. The van der Waals surface area contributed by atoms with E-state index in [1.165, 1.54) is 30.2 Å². The molecule has 0 heterocycles. The van der Waals surface area contributed by atoms with E-state index in [-0.39, 0.29) is 16.8 Å². The lowest BCUT2D eigenvalue weighted by atomic mass is 9.90. The van der Waals surface area contributed by atoms with E-state index in [1.807, 2.05) is 19.1 Å². The van der Waals surface area contributed by atoms with Gasteiger partial charge in [-0.2, -0.15) is 0 Å². The van der Waals surface area contributed by atoms with Crippen LogP contribution in [0.2, 0.25) is 0 Å². The van der Waals surface area contributed by atoms with E-state index in [0.29, 0.717) is 5.56 Å². The number of carbonyl (C=O) groups excluding carboxylic acids is 1. The number of fused-ring (bicyclic) bond motifs is 1. The van der Waals surface area contributed by atoms with Crippen LogP contribution in [0, 0.1) is 0 Å². The summed E-state index contributed by atoms with van der Waals surface area (Å²) in [6, 6.07) is 12.6. The first-order valence-corrected chi connectivity index (χ1v) is 11.0. The van der Waals surface area contributed by atoms with Gasteiger partial charge in [0.15, 0.2) is 9.84 Å². The van der Waals surface area contributed by atoms with Gasteiger partial charge < -0.3 is 5.32 Å². The van der Waals surface area contributed by atoms with Crippen molar-refractivity contribution in [2.24, 2.45) is 0 Å². The van der Waals surface area contributed by atoms with Gasteiger partial charge in [0.05, 0.1) is 10.9 Å². The minimum absolute atomic E-state index is 0.0857. The molecule has 2 aromatic carbocycles. The predicted octanol–water partition coefficient (Wildman–Crippen LogP) is 3.85. The van der Waals surface area contributed by atoms with Crippen LogP contribution in [0.4, 0.5) is 0 Å². The molecule has 0 aromatic heterocycles. The number of hydrogen-bond acceptors (Lipinski definition) is 3. The Balaban J connectivity index is 1.76. The van der Waals surface area contributed by atoms with Gasteiger partial charge in [0, 0.05) is 11.8 Å². The molecule has 2 aromatic rings. The zero-order valence-corrected chi connectivity index (χ0v) is 16.1. The van der Waals surface area contributed by atoms with E-state index in [2.05, 4.69) is 11.4 Å². The first kappa shape index (κ1) is 18.6. The van der Waals surface area contributed by atoms with Gasteiger partial charge >= 0.3 is 0 Å².